The number of esters is 1. The minimum Gasteiger partial charge on any atom is -0.465 e. The average Bonchev–Trinajstić information content (AvgIpc) is 3.04. The number of nitriles is 1. The highest BCUT2D eigenvalue weighted by Crippen LogP contribution is 2.27. The molecule has 30 heavy (non-hydrogen) atoms. The Morgan fingerprint density at radius 2 is 1.83 bits per heavy atom. The van der Waals surface area contributed by atoms with Crippen molar-refractivity contribution in [2.75, 3.05) is 7.11 Å². The van der Waals surface area contributed by atoms with Crippen LogP contribution in [0.1, 0.15) is 32.9 Å². The Hall–Kier alpha value is -4.18. The zero-order valence-electron chi connectivity index (χ0n) is 16.7. The molecule has 0 saturated heterocycles. The Morgan fingerprint density at radius 3 is 2.43 bits per heavy atom. The largest absolute Gasteiger partial charge is 0.465 e. The number of carbonyl (C=O) groups excluding carboxylic acids is 1. The van der Waals surface area contributed by atoms with Crippen LogP contribution in [0.2, 0.25) is 0 Å². The molecule has 0 aliphatic rings. The molecule has 0 atom stereocenters. The third-order valence-electron chi connectivity index (χ3n) is 4.83. The second-order valence-corrected chi connectivity index (χ2v) is 6.64. The molecule has 3 aromatic rings. The predicted octanol–water partition coefficient (Wildman–Crippen LogP) is 4.85. The number of rotatable bonds is 5. The van der Waals surface area contributed by atoms with E-state index < -0.39 is 10.9 Å². The van der Waals surface area contributed by atoms with Gasteiger partial charge in [-0.15, -0.1) is 0 Å². The summed E-state index contributed by atoms with van der Waals surface area (Å²) in [6.07, 6.45) is 1.74. The fourth-order valence-electron chi connectivity index (χ4n) is 3.35. The van der Waals surface area contributed by atoms with Crippen LogP contribution in [0, 0.1) is 35.3 Å². The molecular formula is C23H19N3O4. The number of non-ortho nitro benzene ring substituents is 1. The first-order valence-corrected chi connectivity index (χ1v) is 9.10. The number of aromatic nitrogens is 1. The number of ether oxygens (including phenoxy) is 1. The Bertz CT molecular complexity index is 1200. The van der Waals surface area contributed by atoms with Crippen molar-refractivity contribution in [3.8, 4) is 11.8 Å². The summed E-state index contributed by atoms with van der Waals surface area (Å²) in [5, 5.41) is 20.5. The number of nitro benzene ring substituents is 1. The van der Waals surface area contributed by atoms with Gasteiger partial charge in [0.1, 0.15) is 0 Å². The van der Waals surface area contributed by atoms with Crippen LogP contribution in [0.5, 0.6) is 0 Å². The second-order valence-electron chi connectivity index (χ2n) is 6.64. The van der Waals surface area contributed by atoms with Crippen molar-refractivity contribution in [1.29, 1.82) is 5.26 Å². The molecule has 1 heterocycles. The number of allylic oxidation sites excluding steroid dienone is 1. The quantitative estimate of drug-likeness (QED) is 0.263. The van der Waals surface area contributed by atoms with E-state index in [-0.39, 0.29) is 5.69 Å². The maximum absolute atomic E-state index is 12.2. The van der Waals surface area contributed by atoms with Gasteiger partial charge in [0.15, 0.2) is 0 Å². The van der Waals surface area contributed by atoms with Gasteiger partial charge in [0.2, 0.25) is 0 Å². The van der Waals surface area contributed by atoms with E-state index >= 15 is 0 Å². The lowest BCUT2D eigenvalue weighted by Crippen LogP contribution is -2.09. The fraction of sp³-hybridized carbons (Fsp3) is 0.130. The van der Waals surface area contributed by atoms with E-state index in [1.54, 1.807) is 30.3 Å². The van der Waals surface area contributed by atoms with Crippen molar-refractivity contribution >= 4 is 23.3 Å². The highest BCUT2D eigenvalue weighted by Gasteiger charge is 2.17. The zero-order chi connectivity index (χ0) is 21.8. The van der Waals surface area contributed by atoms with Gasteiger partial charge in [-0.25, -0.2) is 4.79 Å². The van der Waals surface area contributed by atoms with Gasteiger partial charge in [0.05, 0.1) is 34.9 Å². The molecule has 1 aromatic heterocycles. The fourth-order valence-corrected chi connectivity index (χ4v) is 3.35. The predicted molar refractivity (Wildman–Crippen MR) is 113 cm³/mol. The van der Waals surface area contributed by atoms with E-state index in [1.807, 2.05) is 36.6 Å². The number of carbonyl (C=O) groups is 1. The first kappa shape index (κ1) is 20.6. The van der Waals surface area contributed by atoms with Gasteiger partial charge in [-0.3, -0.25) is 10.1 Å². The third-order valence-corrected chi connectivity index (χ3v) is 4.83. The summed E-state index contributed by atoms with van der Waals surface area (Å²) in [6.45, 7) is 3.81. The highest BCUT2D eigenvalue weighted by atomic mass is 16.6. The van der Waals surface area contributed by atoms with Gasteiger partial charge in [-0.1, -0.05) is 12.1 Å². The van der Waals surface area contributed by atoms with Crippen LogP contribution < -0.4 is 0 Å². The van der Waals surface area contributed by atoms with Crippen LogP contribution in [0.25, 0.3) is 17.3 Å². The first-order valence-electron chi connectivity index (χ1n) is 9.10. The Balaban J connectivity index is 2.09. The Morgan fingerprint density at radius 1 is 1.17 bits per heavy atom. The summed E-state index contributed by atoms with van der Waals surface area (Å²) in [6, 6.07) is 17.1. The maximum Gasteiger partial charge on any atom is 0.339 e. The van der Waals surface area contributed by atoms with Gasteiger partial charge in [-0.05, 0) is 61.4 Å². The van der Waals surface area contributed by atoms with Crippen LogP contribution in [-0.4, -0.2) is 22.6 Å². The number of nitrogens with zero attached hydrogens (tertiary/aromatic N) is 3. The summed E-state index contributed by atoms with van der Waals surface area (Å²) in [7, 11) is 1.34. The van der Waals surface area contributed by atoms with Crippen molar-refractivity contribution < 1.29 is 14.5 Å². The van der Waals surface area contributed by atoms with Crippen molar-refractivity contribution in [3.63, 3.8) is 0 Å². The summed E-state index contributed by atoms with van der Waals surface area (Å²) in [5.74, 6) is -0.432. The molecule has 0 fully saturated rings. The molecular weight excluding hydrogens is 382 g/mol. The summed E-state index contributed by atoms with van der Waals surface area (Å²) < 4.78 is 6.83. The lowest BCUT2D eigenvalue weighted by molar-refractivity contribution is -0.384. The maximum atomic E-state index is 12.2. The monoisotopic (exact) mass is 401 g/mol. The highest BCUT2D eigenvalue weighted by molar-refractivity contribution is 5.94. The Kier molecular flexibility index (Phi) is 5.79. The van der Waals surface area contributed by atoms with E-state index in [0.29, 0.717) is 22.4 Å². The van der Waals surface area contributed by atoms with Crippen LogP contribution in [0.15, 0.2) is 54.6 Å². The molecule has 0 aliphatic carbocycles. The number of methoxy groups -OCH3 is 1. The van der Waals surface area contributed by atoms with Gasteiger partial charge < -0.3 is 9.30 Å². The number of aryl methyl sites for hydroxylation is 1. The molecule has 0 spiro atoms. The van der Waals surface area contributed by atoms with Crippen molar-refractivity contribution in [2.45, 2.75) is 13.8 Å². The van der Waals surface area contributed by atoms with Gasteiger partial charge in [0, 0.05) is 23.5 Å². The summed E-state index contributed by atoms with van der Waals surface area (Å²) >= 11 is 0. The number of hydrogen-bond acceptors (Lipinski definition) is 5. The standard InChI is InChI=1S/C23H19N3O4/c1-15-12-18(13-19(14-24)17-8-10-20(11-9-17)26(28)29)16(2)25(15)22-7-5-4-6-21(22)23(27)30-3/h4-13H,1-3H3/b19-13-. The van der Waals surface area contributed by atoms with Gasteiger partial charge >= 0.3 is 5.97 Å². The minimum atomic E-state index is -0.480. The van der Waals surface area contributed by atoms with E-state index in [9.17, 15) is 20.2 Å². The van der Waals surface area contributed by atoms with Crippen LogP contribution in [0.4, 0.5) is 5.69 Å². The van der Waals surface area contributed by atoms with Crippen LogP contribution in [0.3, 0.4) is 0 Å². The molecule has 0 radical (unpaired) electrons. The minimum absolute atomic E-state index is 0.0337. The van der Waals surface area contributed by atoms with Gasteiger partial charge in [0.25, 0.3) is 5.69 Å². The summed E-state index contributed by atoms with van der Waals surface area (Å²) in [4.78, 5) is 22.6. The normalized spacial score (nSPS) is 11.1. The second kappa shape index (κ2) is 8.45. The van der Waals surface area contributed by atoms with Crippen LogP contribution in [-0.2, 0) is 4.74 Å². The smallest absolute Gasteiger partial charge is 0.339 e. The number of para-hydroxylation sites is 1. The molecule has 3 rings (SSSR count). The van der Waals surface area contributed by atoms with E-state index in [2.05, 4.69) is 6.07 Å². The molecule has 7 heteroatoms. The summed E-state index contributed by atoms with van der Waals surface area (Å²) in [5.41, 5.74) is 4.60. The molecule has 0 aliphatic heterocycles. The molecule has 0 N–H and O–H groups in total. The lowest BCUT2D eigenvalue weighted by Gasteiger charge is -2.13. The zero-order valence-corrected chi connectivity index (χ0v) is 16.7. The first-order chi connectivity index (χ1) is 14.4. The number of benzene rings is 2. The topological polar surface area (TPSA) is 98.2 Å². The number of hydrogen-bond donors (Lipinski definition) is 0. The molecule has 0 unspecified atom stereocenters. The Labute approximate surface area is 173 Å². The molecule has 0 saturated carbocycles. The van der Waals surface area contributed by atoms with E-state index in [0.717, 1.165) is 17.0 Å². The van der Waals surface area contributed by atoms with Gasteiger partial charge in [-0.2, -0.15) is 5.26 Å². The van der Waals surface area contributed by atoms with E-state index in [4.69, 9.17) is 4.74 Å². The molecule has 0 bridgehead atoms. The molecule has 7 nitrogen and oxygen atoms in total. The van der Waals surface area contributed by atoms with Crippen molar-refractivity contribution in [2.24, 2.45) is 0 Å². The molecule has 2 aromatic carbocycles. The molecule has 150 valence electrons. The van der Waals surface area contributed by atoms with E-state index in [1.165, 1.54) is 19.2 Å². The lowest BCUT2D eigenvalue weighted by atomic mass is 10.0. The van der Waals surface area contributed by atoms with Crippen LogP contribution >= 0.6 is 0 Å². The molecule has 0 amide bonds. The SMILES string of the molecule is COC(=O)c1ccccc1-n1c(C)cc(/C=C(/C#N)c2ccc([N+](=O)[O-])cc2)c1C. The van der Waals surface area contributed by atoms with Crippen molar-refractivity contribution in [1.82, 2.24) is 4.57 Å². The third kappa shape index (κ3) is 3.84. The number of nitro groups is 1. The van der Waals surface area contributed by atoms with Crippen molar-refractivity contribution in [3.05, 3.63) is 92.8 Å². The average molecular weight is 401 g/mol.